The Morgan fingerprint density at radius 1 is 1.50 bits per heavy atom. The van der Waals surface area contributed by atoms with Gasteiger partial charge >= 0.3 is 0 Å². The van der Waals surface area contributed by atoms with Gasteiger partial charge in [-0.05, 0) is 31.2 Å². The van der Waals surface area contributed by atoms with E-state index in [4.69, 9.17) is 4.74 Å². The molecule has 3 unspecified atom stereocenters. The summed E-state index contributed by atoms with van der Waals surface area (Å²) in [6.45, 7) is 6.04. The highest BCUT2D eigenvalue weighted by molar-refractivity contribution is 5.80. The summed E-state index contributed by atoms with van der Waals surface area (Å²) in [4.78, 5) is 18.5. The third kappa shape index (κ3) is 3.16. The van der Waals surface area contributed by atoms with Crippen LogP contribution in [0.25, 0.3) is 0 Å². The van der Waals surface area contributed by atoms with E-state index in [1.54, 1.807) is 17.3 Å². The number of likely N-dealkylation sites (N-methyl/N-ethyl adjacent to an activating group) is 1. The van der Waals surface area contributed by atoms with E-state index in [-0.39, 0.29) is 23.9 Å². The molecular weight excluding hydrogens is 254 g/mol. The van der Waals surface area contributed by atoms with E-state index < -0.39 is 0 Å². The molecule has 1 aliphatic rings. The average Bonchev–Trinajstić information content (AvgIpc) is 2.94. The van der Waals surface area contributed by atoms with Gasteiger partial charge in [-0.1, -0.05) is 6.92 Å². The highest BCUT2D eigenvalue weighted by atomic mass is 16.5. The van der Waals surface area contributed by atoms with Crippen LogP contribution in [0, 0.1) is 5.92 Å². The van der Waals surface area contributed by atoms with Crippen LogP contribution in [0.5, 0.6) is 0 Å². The number of rotatable bonds is 5. The van der Waals surface area contributed by atoms with Gasteiger partial charge in [-0.2, -0.15) is 0 Å². The Morgan fingerprint density at radius 3 is 2.85 bits per heavy atom. The minimum atomic E-state index is -0.0933. The van der Waals surface area contributed by atoms with Crippen molar-refractivity contribution >= 4 is 5.91 Å². The number of pyridine rings is 1. The van der Waals surface area contributed by atoms with Gasteiger partial charge in [0.2, 0.25) is 5.91 Å². The third-order valence-electron chi connectivity index (χ3n) is 3.98. The molecule has 3 atom stereocenters. The Kier molecular flexibility index (Phi) is 5.09. The lowest BCUT2D eigenvalue weighted by atomic mass is 10.00. The van der Waals surface area contributed by atoms with Gasteiger partial charge in [0.05, 0.1) is 25.2 Å². The van der Waals surface area contributed by atoms with Crippen molar-refractivity contribution in [2.24, 2.45) is 5.92 Å². The Bertz CT molecular complexity index is 438. The number of hydrogen-bond acceptors (Lipinski definition) is 4. The van der Waals surface area contributed by atoms with Crippen molar-refractivity contribution in [3.05, 3.63) is 30.1 Å². The molecule has 5 nitrogen and oxygen atoms in total. The van der Waals surface area contributed by atoms with Crippen LogP contribution in [0.1, 0.15) is 25.5 Å². The maximum atomic E-state index is 12.6. The third-order valence-corrected chi connectivity index (χ3v) is 3.98. The van der Waals surface area contributed by atoms with Gasteiger partial charge < -0.3 is 15.0 Å². The average molecular weight is 277 g/mol. The maximum absolute atomic E-state index is 12.6. The maximum Gasteiger partial charge on any atom is 0.229 e. The molecule has 0 spiro atoms. The first kappa shape index (κ1) is 14.9. The molecule has 1 N–H and O–H groups in total. The van der Waals surface area contributed by atoms with E-state index >= 15 is 0 Å². The molecule has 1 aromatic heterocycles. The Labute approximate surface area is 120 Å². The number of nitrogens with zero attached hydrogens (tertiary/aromatic N) is 2. The second kappa shape index (κ2) is 6.81. The minimum absolute atomic E-state index is 0.0355. The lowest BCUT2D eigenvalue weighted by Gasteiger charge is -2.29. The van der Waals surface area contributed by atoms with E-state index in [0.29, 0.717) is 13.2 Å². The van der Waals surface area contributed by atoms with Crippen molar-refractivity contribution in [2.75, 3.05) is 26.8 Å². The molecule has 1 amide bonds. The van der Waals surface area contributed by atoms with Crippen molar-refractivity contribution in [3.8, 4) is 0 Å². The first-order valence-corrected chi connectivity index (χ1v) is 7.12. The number of carbonyl (C=O) groups is 1. The summed E-state index contributed by atoms with van der Waals surface area (Å²) in [6.07, 6.45) is 3.51. The van der Waals surface area contributed by atoms with Gasteiger partial charge in [0.15, 0.2) is 0 Å². The minimum Gasteiger partial charge on any atom is -0.379 e. The number of nitrogens with one attached hydrogen (secondary N) is 1. The molecule has 0 aromatic carbocycles. The fraction of sp³-hybridized carbons (Fsp3) is 0.600. The molecule has 1 fully saturated rings. The van der Waals surface area contributed by atoms with E-state index in [2.05, 4.69) is 10.3 Å². The second-order valence-electron chi connectivity index (χ2n) is 5.21. The standard InChI is InChI=1S/C15H23N3O2/c1-4-17-14-10-20-9-13(14)15(19)18(3)11(2)12-5-7-16-8-6-12/h5-8,11,13-14,17H,4,9-10H2,1-3H3. The zero-order valence-corrected chi connectivity index (χ0v) is 12.4. The Hall–Kier alpha value is -1.46. The molecule has 1 aliphatic heterocycles. The van der Waals surface area contributed by atoms with Gasteiger partial charge in [0.1, 0.15) is 0 Å². The predicted octanol–water partition coefficient (Wildman–Crippen LogP) is 1.23. The summed E-state index contributed by atoms with van der Waals surface area (Å²) < 4.78 is 5.46. The molecule has 1 aromatic rings. The van der Waals surface area contributed by atoms with Gasteiger partial charge in [-0.25, -0.2) is 0 Å². The van der Waals surface area contributed by atoms with Crippen LogP contribution in [0.2, 0.25) is 0 Å². The van der Waals surface area contributed by atoms with Crippen LogP contribution < -0.4 is 5.32 Å². The molecule has 20 heavy (non-hydrogen) atoms. The molecule has 0 bridgehead atoms. The van der Waals surface area contributed by atoms with Gasteiger partial charge in [0, 0.05) is 25.5 Å². The fourth-order valence-corrected chi connectivity index (χ4v) is 2.58. The SMILES string of the molecule is CCNC1COCC1C(=O)N(C)C(C)c1ccncc1. The van der Waals surface area contributed by atoms with Crippen LogP contribution in [-0.4, -0.2) is 48.6 Å². The summed E-state index contributed by atoms with van der Waals surface area (Å²) in [5.41, 5.74) is 1.09. The second-order valence-corrected chi connectivity index (χ2v) is 5.21. The predicted molar refractivity (Wildman–Crippen MR) is 77.2 cm³/mol. The van der Waals surface area contributed by atoms with E-state index in [0.717, 1.165) is 12.1 Å². The van der Waals surface area contributed by atoms with Crippen molar-refractivity contribution in [1.82, 2.24) is 15.2 Å². The first-order valence-electron chi connectivity index (χ1n) is 7.12. The molecule has 0 radical (unpaired) electrons. The molecule has 1 saturated heterocycles. The molecule has 0 aliphatic carbocycles. The Balaban J connectivity index is 2.04. The summed E-state index contributed by atoms with van der Waals surface area (Å²) in [7, 11) is 1.86. The number of carbonyl (C=O) groups excluding carboxylic acids is 1. The molecule has 110 valence electrons. The Morgan fingerprint density at radius 2 is 2.20 bits per heavy atom. The topological polar surface area (TPSA) is 54.5 Å². The van der Waals surface area contributed by atoms with Crippen molar-refractivity contribution in [2.45, 2.75) is 25.9 Å². The summed E-state index contributed by atoms with van der Waals surface area (Å²) >= 11 is 0. The van der Waals surface area contributed by atoms with Crippen molar-refractivity contribution in [3.63, 3.8) is 0 Å². The first-order chi connectivity index (χ1) is 9.65. The van der Waals surface area contributed by atoms with Gasteiger partial charge in [-0.15, -0.1) is 0 Å². The highest BCUT2D eigenvalue weighted by Gasteiger charge is 2.36. The zero-order chi connectivity index (χ0) is 14.5. The molecule has 5 heteroatoms. The van der Waals surface area contributed by atoms with Crippen LogP contribution >= 0.6 is 0 Å². The molecule has 2 heterocycles. The van der Waals surface area contributed by atoms with Crippen molar-refractivity contribution in [1.29, 1.82) is 0 Å². The number of hydrogen-bond donors (Lipinski definition) is 1. The zero-order valence-electron chi connectivity index (χ0n) is 12.4. The fourth-order valence-electron chi connectivity index (χ4n) is 2.58. The smallest absolute Gasteiger partial charge is 0.229 e. The number of ether oxygens (including phenoxy) is 1. The molecule has 2 rings (SSSR count). The van der Waals surface area contributed by atoms with Crippen molar-refractivity contribution < 1.29 is 9.53 Å². The number of aromatic nitrogens is 1. The van der Waals surface area contributed by atoms with Crippen LogP contribution in [0.3, 0.4) is 0 Å². The van der Waals surface area contributed by atoms with E-state index in [1.165, 1.54) is 0 Å². The summed E-state index contributed by atoms with van der Waals surface area (Å²) in [5.74, 6) is 0.0435. The largest absolute Gasteiger partial charge is 0.379 e. The highest BCUT2D eigenvalue weighted by Crippen LogP contribution is 2.23. The number of amides is 1. The van der Waals surface area contributed by atoms with E-state index in [1.807, 2.05) is 33.0 Å². The van der Waals surface area contributed by atoms with Crippen LogP contribution in [0.4, 0.5) is 0 Å². The van der Waals surface area contributed by atoms with E-state index in [9.17, 15) is 4.79 Å². The normalized spacial score (nSPS) is 23.6. The molecule has 0 saturated carbocycles. The monoisotopic (exact) mass is 277 g/mol. The van der Waals surface area contributed by atoms with Gasteiger partial charge in [-0.3, -0.25) is 9.78 Å². The lowest BCUT2D eigenvalue weighted by molar-refractivity contribution is -0.136. The lowest BCUT2D eigenvalue weighted by Crippen LogP contribution is -2.45. The summed E-state index contributed by atoms with van der Waals surface area (Å²) in [5, 5.41) is 3.33. The summed E-state index contributed by atoms with van der Waals surface area (Å²) in [6, 6.07) is 4.05. The van der Waals surface area contributed by atoms with Crippen LogP contribution in [0.15, 0.2) is 24.5 Å². The van der Waals surface area contributed by atoms with Crippen LogP contribution in [-0.2, 0) is 9.53 Å². The molecular formula is C15H23N3O2. The van der Waals surface area contributed by atoms with Gasteiger partial charge in [0.25, 0.3) is 0 Å². The quantitative estimate of drug-likeness (QED) is 0.879.